The third kappa shape index (κ3) is 4.91. The largest absolute Gasteiger partial charge is 0.333 e. The van der Waals surface area contributed by atoms with E-state index in [2.05, 4.69) is 32.4 Å². The maximum atomic E-state index is 13.2. The molecule has 2 atom stereocenters. The number of anilines is 1. The fourth-order valence-electron chi connectivity index (χ4n) is 3.65. The van der Waals surface area contributed by atoms with E-state index in [-0.39, 0.29) is 23.9 Å². The Morgan fingerprint density at radius 3 is 2.58 bits per heavy atom. The van der Waals surface area contributed by atoms with Crippen LogP contribution >= 0.6 is 0 Å². The molecule has 2 aromatic carbocycles. The number of aromatic nitrogens is 3. The molecule has 1 fully saturated rings. The van der Waals surface area contributed by atoms with E-state index in [0.29, 0.717) is 11.3 Å². The van der Waals surface area contributed by atoms with E-state index in [1.807, 2.05) is 41.1 Å². The predicted octanol–water partition coefficient (Wildman–Crippen LogP) is 4.62. The summed E-state index contributed by atoms with van der Waals surface area (Å²) in [5.41, 5.74) is 3.96. The zero-order valence-corrected chi connectivity index (χ0v) is 17.6. The van der Waals surface area contributed by atoms with E-state index in [1.54, 1.807) is 37.1 Å². The number of hydrogen-bond acceptors (Lipinski definition) is 3. The molecular formula is C26H20FN5O. The van der Waals surface area contributed by atoms with Crippen LogP contribution in [0.3, 0.4) is 0 Å². The zero-order valence-electron chi connectivity index (χ0n) is 17.6. The number of imidazole rings is 1. The third-order valence-corrected chi connectivity index (χ3v) is 5.44. The van der Waals surface area contributed by atoms with E-state index in [9.17, 15) is 9.18 Å². The monoisotopic (exact) mass is 437 g/mol. The Morgan fingerprint density at radius 1 is 1.00 bits per heavy atom. The molecule has 2 amide bonds. The Labute approximate surface area is 190 Å². The number of carbonyl (C=O) groups is 1. The lowest BCUT2D eigenvalue weighted by molar-refractivity contribution is 0.251. The van der Waals surface area contributed by atoms with Gasteiger partial charge in [0, 0.05) is 41.6 Å². The summed E-state index contributed by atoms with van der Waals surface area (Å²) in [5.74, 6) is 5.93. The molecule has 2 heterocycles. The maximum Gasteiger partial charge on any atom is 0.319 e. The molecule has 1 aliphatic rings. The molecule has 0 radical (unpaired) electrons. The Morgan fingerprint density at radius 2 is 1.82 bits per heavy atom. The molecule has 6 nitrogen and oxygen atoms in total. The van der Waals surface area contributed by atoms with E-state index in [0.717, 1.165) is 23.1 Å². The van der Waals surface area contributed by atoms with Crippen molar-refractivity contribution in [2.75, 3.05) is 5.32 Å². The molecule has 2 aromatic heterocycles. The molecule has 4 aromatic rings. The zero-order chi connectivity index (χ0) is 22.6. The lowest BCUT2D eigenvalue weighted by Crippen LogP contribution is -2.31. The summed E-state index contributed by atoms with van der Waals surface area (Å²) < 4.78 is 15.2. The molecule has 0 aliphatic heterocycles. The molecule has 7 heteroatoms. The topological polar surface area (TPSA) is 71.8 Å². The minimum Gasteiger partial charge on any atom is -0.333 e. The van der Waals surface area contributed by atoms with Crippen LogP contribution in [0.2, 0.25) is 0 Å². The average molecular weight is 437 g/mol. The number of hydrogen-bond donors (Lipinski definition) is 2. The molecule has 0 saturated heterocycles. The minimum absolute atomic E-state index is 0.0769. The molecule has 5 rings (SSSR count). The van der Waals surface area contributed by atoms with Gasteiger partial charge in [-0.1, -0.05) is 17.9 Å². The van der Waals surface area contributed by atoms with Crippen LogP contribution in [0.15, 0.2) is 85.7 Å². The summed E-state index contributed by atoms with van der Waals surface area (Å²) in [4.78, 5) is 20.7. The lowest BCUT2D eigenvalue weighted by Gasteiger charge is -2.11. The van der Waals surface area contributed by atoms with Gasteiger partial charge in [-0.3, -0.25) is 4.98 Å². The van der Waals surface area contributed by atoms with Crippen molar-refractivity contribution in [2.45, 2.75) is 18.5 Å². The maximum absolute atomic E-state index is 13.2. The first-order valence-electron chi connectivity index (χ1n) is 10.5. The van der Waals surface area contributed by atoms with Crippen LogP contribution in [0.25, 0.3) is 11.1 Å². The standard InChI is InChI=1S/C26H20FN5O/c27-21-5-2-18(3-6-21)1-4-20-15-22(7-8-23(20)19-9-11-28-12-10-19)30-26(33)31-24-16-25(24)32-14-13-29-17-32/h2-3,5-15,17,24-25H,16H2,(H2,30,31,33). The number of pyridine rings is 1. The molecular weight excluding hydrogens is 417 g/mol. The average Bonchev–Trinajstić information content (AvgIpc) is 3.36. The van der Waals surface area contributed by atoms with Crippen molar-refractivity contribution in [3.8, 4) is 23.0 Å². The van der Waals surface area contributed by atoms with Crippen molar-refractivity contribution < 1.29 is 9.18 Å². The number of rotatable bonds is 4. The van der Waals surface area contributed by atoms with Crippen LogP contribution in [0.1, 0.15) is 23.6 Å². The highest BCUT2D eigenvalue weighted by Crippen LogP contribution is 2.35. The van der Waals surface area contributed by atoms with Crippen molar-refractivity contribution in [3.05, 3.63) is 103 Å². The van der Waals surface area contributed by atoms with E-state index in [1.165, 1.54) is 12.1 Å². The second-order valence-corrected chi connectivity index (χ2v) is 7.77. The van der Waals surface area contributed by atoms with Gasteiger partial charge < -0.3 is 15.2 Å². The number of nitrogens with one attached hydrogen (secondary N) is 2. The predicted molar refractivity (Wildman–Crippen MR) is 124 cm³/mol. The van der Waals surface area contributed by atoms with Gasteiger partial charge in [-0.05, 0) is 66.1 Å². The first-order chi connectivity index (χ1) is 16.2. The molecule has 162 valence electrons. The van der Waals surface area contributed by atoms with Crippen molar-refractivity contribution >= 4 is 11.7 Å². The second-order valence-electron chi connectivity index (χ2n) is 7.77. The molecule has 0 spiro atoms. The normalized spacial score (nSPS) is 16.4. The van der Waals surface area contributed by atoms with Crippen molar-refractivity contribution in [2.24, 2.45) is 0 Å². The third-order valence-electron chi connectivity index (χ3n) is 5.44. The molecule has 2 unspecified atom stereocenters. The van der Waals surface area contributed by atoms with E-state index >= 15 is 0 Å². The van der Waals surface area contributed by atoms with Crippen LogP contribution in [-0.4, -0.2) is 26.6 Å². The van der Waals surface area contributed by atoms with Gasteiger partial charge in [0.15, 0.2) is 0 Å². The quantitative estimate of drug-likeness (QED) is 0.458. The smallest absolute Gasteiger partial charge is 0.319 e. The summed E-state index contributed by atoms with van der Waals surface area (Å²) in [7, 11) is 0. The fraction of sp³-hybridized carbons (Fsp3) is 0.115. The highest BCUT2D eigenvalue weighted by Gasteiger charge is 2.39. The Bertz CT molecular complexity index is 1320. The number of halogens is 1. The van der Waals surface area contributed by atoms with Crippen LogP contribution < -0.4 is 10.6 Å². The second kappa shape index (κ2) is 8.97. The molecule has 33 heavy (non-hydrogen) atoms. The Kier molecular flexibility index (Phi) is 5.56. The summed E-state index contributed by atoms with van der Waals surface area (Å²) in [5, 5.41) is 5.89. The van der Waals surface area contributed by atoms with Crippen LogP contribution in [0, 0.1) is 17.7 Å². The van der Waals surface area contributed by atoms with Gasteiger partial charge in [-0.2, -0.15) is 0 Å². The van der Waals surface area contributed by atoms with Gasteiger partial charge in [0.25, 0.3) is 0 Å². The fourth-order valence-corrected chi connectivity index (χ4v) is 3.65. The molecule has 0 bridgehead atoms. The summed E-state index contributed by atoms with van der Waals surface area (Å²) >= 11 is 0. The van der Waals surface area contributed by atoms with Gasteiger partial charge >= 0.3 is 6.03 Å². The minimum atomic E-state index is -0.304. The van der Waals surface area contributed by atoms with Crippen LogP contribution in [0.4, 0.5) is 14.9 Å². The SMILES string of the molecule is O=C(Nc1ccc(-c2ccncc2)c(C#Cc2ccc(F)cc2)c1)NC1CC1n1ccnc1. The summed E-state index contributed by atoms with van der Waals surface area (Å²) in [6.45, 7) is 0. The lowest BCUT2D eigenvalue weighted by atomic mass is 10.00. The number of carbonyl (C=O) groups excluding carboxylic acids is 1. The van der Waals surface area contributed by atoms with Crippen molar-refractivity contribution in [3.63, 3.8) is 0 Å². The number of urea groups is 1. The molecule has 2 N–H and O–H groups in total. The van der Waals surface area contributed by atoms with Crippen molar-refractivity contribution in [1.29, 1.82) is 0 Å². The summed E-state index contributed by atoms with van der Waals surface area (Å²) in [6, 6.07) is 15.5. The first kappa shape index (κ1) is 20.5. The number of nitrogens with zero attached hydrogens (tertiary/aromatic N) is 3. The Balaban J connectivity index is 1.36. The van der Waals surface area contributed by atoms with Gasteiger partial charge in [-0.15, -0.1) is 0 Å². The van der Waals surface area contributed by atoms with Gasteiger partial charge in [0.2, 0.25) is 0 Å². The highest BCUT2D eigenvalue weighted by molar-refractivity contribution is 5.90. The first-order valence-corrected chi connectivity index (χ1v) is 10.5. The van der Waals surface area contributed by atoms with Gasteiger partial charge in [0.05, 0.1) is 18.4 Å². The number of benzene rings is 2. The number of amides is 2. The van der Waals surface area contributed by atoms with Gasteiger partial charge in [0.1, 0.15) is 5.82 Å². The van der Waals surface area contributed by atoms with Crippen molar-refractivity contribution in [1.82, 2.24) is 19.9 Å². The van der Waals surface area contributed by atoms with E-state index < -0.39 is 0 Å². The van der Waals surface area contributed by atoms with Gasteiger partial charge in [-0.25, -0.2) is 14.2 Å². The van der Waals surface area contributed by atoms with Crippen LogP contribution in [0.5, 0.6) is 0 Å². The van der Waals surface area contributed by atoms with E-state index in [4.69, 9.17) is 0 Å². The summed E-state index contributed by atoms with van der Waals surface area (Å²) in [6.07, 6.45) is 9.70. The Hall–Kier alpha value is -4.44. The van der Waals surface area contributed by atoms with Crippen LogP contribution in [-0.2, 0) is 0 Å². The molecule has 1 saturated carbocycles. The molecule has 1 aliphatic carbocycles. The highest BCUT2D eigenvalue weighted by atomic mass is 19.1.